The van der Waals surface area contributed by atoms with Crippen LogP contribution in [0.4, 0.5) is 5.82 Å². The van der Waals surface area contributed by atoms with E-state index in [1.807, 2.05) is 0 Å². The number of rotatable bonds is 5. The molecule has 1 aliphatic rings. The molecular formula is C13H20N4O3S. The van der Waals surface area contributed by atoms with Gasteiger partial charge in [-0.25, -0.2) is 13.4 Å². The van der Waals surface area contributed by atoms with E-state index < -0.39 is 15.9 Å². The number of likely N-dealkylation sites (N-methyl/N-ethyl adjacent to an activating group) is 1. The van der Waals surface area contributed by atoms with Crippen LogP contribution in [0.3, 0.4) is 0 Å². The Morgan fingerprint density at radius 3 is 2.52 bits per heavy atom. The fourth-order valence-electron chi connectivity index (χ4n) is 2.32. The highest BCUT2D eigenvalue weighted by Crippen LogP contribution is 2.21. The second-order valence-electron chi connectivity index (χ2n) is 5.14. The summed E-state index contributed by atoms with van der Waals surface area (Å²) in [5.41, 5.74) is 5.12. The lowest BCUT2D eigenvalue weighted by atomic mass is 10.2. The molecule has 8 heteroatoms. The number of primary amides is 1. The summed E-state index contributed by atoms with van der Waals surface area (Å²) < 4.78 is 26.4. The van der Waals surface area contributed by atoms with Gasteiger partial charge in [0.25, 0.3) is 0 Å². The van der Waals surface area contributed by atoms with Gasteiger partial charge in [0.1, 0.15) is 10.7 Å². The third-order valence-corrected chi connectivity index (χ3v) is 5.34. The number of aromatic nitrogens is 1. The quantitative estimate of drug-likeness (QED) is 0.836. The first-order valence-electron chi connectivity index (χ1n) is 6.87. The molecule has 2 rings (SSSR count). The van der Waals surface area contributed by atoms with Crippen molar-refractivity contribution in [3.8, 4) is 0 Å². The number of hydrogen-bond acceptors (Lipinski definition) is 5. The van der Waals surface area contributed by atoms with Crippen LogP contribution in [0, 0.1) is 0 Å². The fourth-order valence-corrected chi connectivity index (χ4v) is 3.78. The van der Waals surface area contributed by atoms with Crippen LogP contribution in [-0.2, 0) is 14.8 Å². The highest BCUT2D eigenvalue weighted by atomic mass is 32.2. The number of nitrogens with zero attached hydrogens (tertiary/aromatic N) is 3. The summed E-state index contributed by atoms with van der Waals surface area (Å²) in [5, 5.41) is 0. The molecule has 0 atom stereocenters. The van der Waals surface area contributed by atoms with Gasteiger partial charge in [-0.15, -0.1) is 0 Å². The molecule has 0 unspecified atom stereocenters. The lowest BCUT2D eigenvalue weighted by Crippen LogP contribution is -2.35. The molecule has 0 spiro atoms. The van der Waals surface area contributed by atoms with Crippen molar-refractivity contribution in [1.82, 2.24) is 9.29 Å². The summed E-state index contributed by atoms with van der Waals surface area (Å²) in [5.74, 6) is 0.0377. The molecule has 0 radical (unpaired) electrons. The van der Waals surface area contributed by atoms with Crippen LogP contribution in [0.25, 0.3) is 0 Å². The number of carbonyl (C=O) groups is 1. The summed E-state index contributed by atoms with van der Waals surface area (Å²) >= 11 is 0. The van der Waals surface area contributed by atoms with Gasteiger partial charge in [0.2, 0.25) is 15.9 Å². The fraction of sp³-hybridized carbons (Fsp3) is 0.538. The predicted octanol–water partition coefficient (Wildman–Crippen LogP) is 0.178. The molecule has 0 bridgehead atoms. The van der Waals surface area contributed by atoms with Gasteiger partial charge in [-0.05, 0) is 25.0 Å². The number of amides is 1. The van der Waals surface area contributed by atoms with Crippen molar-refractivity contribution >= 4 is 21.7 Å². The summed E-state index contributed by atoms with van der Waals surface area (Å²) in [7, 11) is -1.79. The van der Waals surface area contributed by atoms with Gasteiger partial charge in [0.05, 0.1) is 6.54 Å². The van der Waals surface area contributed by atoms with Crippen molar-refractivity contribution in [3.63, 3.8) is 0 Å². The number of anilines is 1. The number of piperidine rings is 1. The van der Waals surface area contributed by atoms with Gasteiger partial charge in [-0.2, -0.15) is 4.31 Å². The van der Waals surface area contributed by atoms with E-state index in [2.05, 4.69) is 4.98 Å². The number of pyridine rings is 1. The number of carbonyl (C=O) groups excluding carboxylic acids is 1. The van der Waals surface area contributed by atoms with E-state index in [0.29, 0.717) is 18.9 Å². The maximum Gasteiger partial charge on any atom is 0.244 e. The largest absolute Gasteiger partial charge is 0.368 e. The molecule has 2 N–H and O–H groups in total. The van der Waals surface area contributed by atoms with Gasteiger partial charge >= 0.3 is 0 Å². The molecule has 1 aliphatic heterocycles. The first kappa shape index (κ1) is 15.7. The monoisotopic (exact) mass is 312 g/mol. The maximum absolute atomic E-state index is 12.4. The zero-order valence-electron chi connectivity index (χ0n) is 12.0. The Kier molecular flexibility index (Phi) is 4.79. The molecule has 7 nitrogen and oxygen atoms in total. The Balaban J connectivity index is 2.16. The standard InChI is InChI=1S/C13H20N4O3S/c1-16(10-12(14)18)13-6-5-11(9-15-13)21(19,20)17-7-3-2-4-8-17/h5-6,9H,2-4,7-8,10H2,1H3,(H2,14,18). The maximum atomic E-state index is 12.4. The molecule has 21 heavy (non-hydrogen) atoms. The first-order valence-corrected chi connectivity index (χ1v) is 8.31. The van der Waals surface area contributed by atoms with Crippen molar-refractivity contribution in [2.75, 3.05) is 31.6 Å². The molecule has 2 heterocycles. The minimum Gasteiger partial charge on any atom is -0.368 e. The van der Waals surface area contributed by atoms with Gasteiger partial charge in [0, 0.05) is 26.3 Å². The van der Waals surface area contributed by atoms with E-state index >= 15 is 0 Å². The molecule has 1 aromatic heterocycles. The second kappa shape index (κ2) is 6.40. The van der Waals surface area contributed by atoms with Gasteiger partial charge in [-0.1, -0.05) is 6.42 Å². The van der Waals surface area contributed by atoms with Crippen LogP contribution in [0.2, 0.25) is 0 Å². The molecule has 1 aromatic rings. The number of hydrogen-bond donors (Lipinski definition) is 1. The Hall–Kier alpha value is -1.67. The van der Waals surface area contributed by atoms with Crippen LogP contribution in [-0.4, -0.2) is 50.3 Å². The normalized spacial score (nSPS) is 16.6. The molecule has 0 aromatic carbocycles. The van der Waals surface area contributed by atoms with E-state index in [9.17, 15) is 13.2 Å². The summed E-state index contributed by atoms with van der Waals surface area (Å²) in [6.45, 7) is 1.16. The Labute approximate surface area is 124 Å². The molecule has 116 valence electrons. The third kappa shape index (κ3) is 3.70. The summed E-state index contributed by atoms with van der Waals surface area (Å²) in [6.07, 6.45) is 4.19. The van der Waals surface area contributed by atoms with Gasteiger partial charge in [0.15, 0.2) is 0 Å². The Morgan fingerprint density at radius 2 is 2.00 bits per heavy atom. The zero-order chi connectivity index (χ0) is 15.5. The summed E-state index contributed by atoms with van der Waals surface area (Å²) in [4.78, 5) is 16.7. The molecule has 1 saturated heterocycles. The highest BCUT2D eigenvalue weighted by molar-refractivity contribution is 7.89. The average molecular weight is 312 g/mol. The lowest BCUT2D eigenvalue weighted by molar-refractivity contribution is -0.116. The molecule has 0 aliphatic carbocycles. The molecule has 1 fully saturated rings. The topological polar surface area (TPSA) is 96.6 Å². The smallest absolute Gasteiger partial charge is 0.244 e. The zero-order valence-corrected chi connectivity index (χ0v) is 12.8. The van der Waals surface area contributed by atoms with Crippen LogP contribution in [0.1, 0.15) is 19.3 Å². The van der Waals surface area contributed by atoms with Crippen molar-refractivity contribution in [2.45, 2.75) is 24.2 Å². The van der Waals surface area contributed by atoms with Gasteiger partial charge < -0.3 is 10.6 Å². The highest BCUT2D eigenvalue weighted by Gasteiger charge is 2.26. The average Bonchev–Trinajstić information content (AvgIpc) is 2.47. The second-order valence-corrected chi connectivity index (χ2v) is 7.08. The minimum atomic E-state index is -3.47. The van der Waals surface area contributed by atoms with Crippen molar-refractivity contribution in [3.05, 3.63) is 18.3 Å². The van der Waals surface area contributed by atoms with Gasteiger partial charge in [-0.3, -0.25) is 4.79 Å². The predicted molar refractivity (Wildman–Crippen MR) is 79.3 cm³/mol. The van der Waals surface area contributed by atoms with Crippen molar-refractivity contribution in [1.29, 1.82) is 0 Å². The SMILES string of the molecule is CN(CC(N)=O)c1ccc(S(=O)(=O)N2CCCCC2)cn1. The Morgan fingerprint density at radius 1 is 1.33 bits per heavy atom. The van der Waals surface area contributed by atoms with E-state index in [0.717, 1.165) is 19.3 Å². The van der Waals surface area contributed by atoms with Crippen LogP contribution >= 0.6 is 0 Å². The van der Waals surface area contributed by atoms with E-state index in [-0.39, 0.29) is 11.4 Å². The Bertz CT molecular complexity index is 594. The van der Waals surface area contributed by atoms with Crippen LogP contribution in [0.15, 0.2) is 23.2 Å². The number of nitrogens with two attached hydrogens (primary N) is 1. The first-order chi connectivity index (χ1) is 9.91. The lowest BCUT2D eigenvalue weighted by Gasteiger charge is -2.26. The third-order valence-electron chi connectivity index (χ3n) is 3.46. The molecular weight excluding hydrogens is 292 g/mol. The molecule has 0 saturated carbocycles. The van der Waals surface area contributed by atoms with E-state index in [1.54, 1.807) is 18.0 Å². The van der Waals surface area contributed by atoms with E-state index in [4.69, 9.17) is 5.73 Å². The van der Waals surface area contributed by atoms with Crippen molar-refractivity contribution < 1.29 is 13.2 Å². The number of sulfonamides is 1. The van der Waals surface area contributed by atoms with Crippen LogP contribution in [0.5, 0.6) is 0 Å². The van der Waals surface area contributed by atoms with E-state index in [1.165, 1.54) is 16.6 Å². The van der Waals surface area contributed by atoms with Crippen molar-refractivity contribution in [2.24, 2.45) is 5.73 Å². The minimum absolute atomic E-state index is 0.0330. The van der Waals surface area contributed by atoms with Crippen LogP contribution < -0.4 is 10.6 Å². The summed E-state index contributed by atoms with van der Waals surface area (Å²) in [6, 6.07) is 3.10. The molecule has 1 amide bonds.